The van der Waals surface area contributed by atoms with Crippen molar-refractivity contribution < 1.29 is 8.42 Å². The molecule has 0 amide bonds. The van der Waals surface area contributed by atoms with Crippen LogP contribution in [0.4, 0.5) is 0 Å². The van der Waals surface area contributed by atoms with E-state index >= 15 is 0 Å². The summed E-state index contributed by atoms with van der Waals surface area (Å²) in [5.74, 6) is 0. The first-order valence-electron chi connectivity index (χ1n) is 8.88. The molecule has 0 radical (unpaired) electrons. The molecule has 0 unspecified atom stereocenters. The highest BCUT2D eigenvalue weighted by atomic mass is 35.5. The summed E-state index contributed by atoms with van der Waals surface area (Å²) < 4.78 is 26.8. The fourth-order valence-corrected chi connectivity index (χ4v) is 5.03. The van der Waals surface area contributed by atoms with Crippen LogP contribution >= 0.6 is 12.4 Å². The van der Waals surface area contributed by atoms with Gasteiger partial charge in [0.1, 0.15) is 0 Å². The summed E-state index contributed by atoms with van der Waals surface area (Å²) >= 11 is 0. The summed E-state index contributed by atoms with van der Waals surface area (Å²) in [4.78, 5) is 0.736. The van der Waals surface area contributed by atoms with Crippen LogP contribution in [0.15, 0.2) is 82.6 Å². The van der Waals surface area contributed by atoms with Crippen LogP contribution in [0.3, 0.4) is 0 Å². The first-order valence-corrected chi connectivity index (χ1v) is 10.4. The van der Waals surface area contributed by atoms with Gasteiger partial charge >= 0.3 is 0 Å². The minimum absolute atomic E-state index is 0. The Bertz CT molecular complexity index is 1030. The number of nitrogens with one attached hydrogen (secondary N) is 1. The Kier molecular flexibility index (Phi) is 6.00. The van der Waals surface area contributed by atoms with Gasteiger partial charge in [-0.1, -0.05) is 54.6 Å². The number of rotatable bonds is 3. The van der Waals surface area contributed by atoms with Gasteiger partial charge in [0.15, 0.2) is 0 Å². The molecule has 5 heteroatoms. The van der Waals surface area contributed by atoms with Gasteiger partial charge in [-0.25, -0.2) is 8.42 Å². The highest BCUT2D eigenvalue weighted by molar-refractivity contribution is 7.91. The molecule has 1 N–H and O–H groups in total. The van der Waals surface area contributed by atoms with Crippen LogP contribution in [-0.2, 0) is 22.7 Å². The first-order chi connectivity index (χ1) is 12.7. The Morgan fingerprint density at radius 1 is 0.741 bits per heavy atom. The monoisotopic (exact) mass is 399 g/mol. The second-order valence-corrected chi connectivity index (χ2v) is 8.46. The summed E-state index contributed by atoms with van der Waals surface area (Å²) in [6.45, 7) is 1.83. The van der Waals surface area contributed by atoms with E-state index in [9.17, 15) is 8.42 Å². The van der Waals surface area contributed by atoms with Gasteiger partial charge in [-0.15, -0.1) is 12.4 Å². The highest BCUT2D eigenvalue weighted by Crippen LogP contribution is 2.32. The second-order valence-electron chi connectivity index (χ2n) is 6.55. The van der Waals surface area contributed by atoms with Crippen molar-refractivity contribution in [3.05, 3.63) is 83.9 Å². The normalized spacial score (nSPS) is 13.9. The van der Waals surface area contributed by atoms with E-state index < -0.39 is 9.84 Å². The van der Waals surface area contributed by atoms with E-state index in [2.05, 4.69) is 5.32 Å². The minimum atomic E-state index is -3.58. The van der Waals surface area contributed by atoms with Gasteiger partial charge < -0.3 is 5.32 Å². The van der Waals surface area contributed by atoms with Crippen LogP contribution < -0.4 is 5.32 Å². The quantitative estimate of drug-likeness (QED) is 0.714. The van der Waals surface area contributed by atoms with Crippen LogP contribution in [0.5, 0.6) is 0 Å². The molecular formula is C22H22ClNO2S. The van der Waals surface area contributed by atoms with Gasteiger partial charge in [0, 0.05) is 5.56 Å². The Morgan fingerprint density at radius 2 is 1.41 bits per heavy atom. The third-order valence-electron chi connectivity index (χ3n) is 4.89. The molecule has 4 rings (SSSR count). The highest BCUT2D eigenvalue weighted by Gasteiger charge is 2.23. The number of benzene rings is 3. The van der Waals surface area contributed by atoms with Crippen molar-refractivity contribution in [3.8, 4) is 11.1 Å². The average Bonchev–Trinajstić information content (AvgIpc) is 2.93. The molecule has 0 saturated heterocycles. The maximum atomic E-state index is 13.4. The van der Waals surface area contributed by atoms with Crippen molar-refractivity contribution >= 4 is 22.2 Å². The van der Waals surface area contributed by atoms with Crippen molar-refractivity contribution in [2.75, 3.05) is 13.1 Å². The molecule has 0 bridgehead atoms. The summed E-state index contributed by atoms with van der Waals surface area (Å²) in [6, 6.07) is 22.5. The predicted molar refractivity (Wildman–Crippen MR) is 111 cm³/mol. The number of hydrogen-bond acceptors (Lipinski definition) is 3. The van der Waals surface area contributed by atoms with E-state index in [4.69, 9.17) is 0 Å². The molecule has 0 spiro atoms. The van der Waals surface area contributed by atoms with E-state index in [1.165, 1.54) is 5.56 Å². The second kappa shape index (κ2) is 8.26. The number of fused-ring (bicyclic) bond motifs is 1. The molecule has 140 valence electrons. The van der Waals surface area contributed by atoms with Gasteiger partial charge in [0.2, 0.25) is 9.84 Å². The largest absolute Gasteiger partial charge is 0.316 e. The van der Waals surface area contributed by atoms with Gasteiger partial charge in [-0.2, -0.15) is 0 Å². The van der Waals surface area contributed by atoms with Crippen molar-refractivity contribution in [2.45, 2.75) is 22.6 Å². The predicted octanol–water partition coefficient (Wildman–Crippen LogP) is 4.30. The first kappa shape index (κ1) is 19.6. The van der Waals surface area contributed by atoms with Crippen LogP contribution in [0.2, 0.25) is 0 Å². The topological polar surface area (TPSA) is 46.2 Å². The molecule has 0 atom stereocenters. The molecule has 0 aromatic heterocycles. The van der Waals surface area contributed by atoms with E-state index in [0.29, 0.717) is 9.79 Å². The molecule has 1 heterocycles. The lowest BCUT2D eigenvalue weighted by molar-refractivity contribution is 0.596. The van der Waals surface area contributed by atoms with Crippen molar-refractivity contribution in [3.63, 3.8) is 0 Å². The number of hydrogen-bond donors (Lipinski definition) is 1. The molecule has 1 aliphatic heterocycles. The third-order valence-corrected chi connectivity index (χ3v) is 6.70. The maximum Gasteiger partial charge on any atom is 0.207 e. The number of halogens is 1. The smallest absolute Gasteiger partial charge is 0.207 e. The Labute approximate surface area is 166 Å². The standard InChI is InChI=1S/C22H21NO2S.ClH/c24-26(25,20-11-10-17-12-14-23-15-13-19(17)16-20)22-9-5-4-8-21(22)18-6-2-1-3-7-18;/h1-11,16,23H,12-15H2;1H. The van der Waals surface area contributed by atoms with Crippen LogP contribution in [0.25, 0.3) is 11.1 Å². The SMILES string of the molecule is Cl.O=S(=O)(c1ccc2c(c1)CCNCC2)c1ccccc1-c1ccccc1. The summed E-state index contributed by atoms with van der Waals surface area (Å²) in [5, 5.41) is 3.37. The molecule has 0 saturated carbocycles. The molecule has 0 fully saturated rings. The lowest BCUT2D eigenvalue weighted by atomic mass is 10.0. The summed E-state index contributed by atoms with van der Waals surface area (Å²) in [7, 11) is -3.58. The van der Waals surface area contributed by atoms with E-state index in [1.807, 2.05) is 54.6 Å². The van der Waals surface area contributed by atoms with E-state index in [1.54, 1.807) is 18.2 Å². The molecule has 1 aliphatic rings. The van der Waals surface area contributed by atoms with Crippen LogP contribution in [-0.4, -0.2) is 21.5 Å². The van der Waals surface area contributed by atoms with Gasteiger partial charge in [-0.3, -0.25) is 0 Å². The lowest BCUT2D eigenvalue weighted by Crippen LogP contribution is -2.16. The van der Waals surface area contributed by atoms with Crippen LogP contribution in [0, 0.1) is 0 Å². The molecule has 3 aromatic rings. The Hall–Kier alpha value is -2.14. The Morgan fingerprint density at radius 3 is 2.19 bits per heavy atom. The fourth-order valence-electron chi connectivity index (χ4n) is 3.50. The average molecular weight is 400 g/mol. The molecule has 27 heavy (non-hydrogen) atoms. The fraction of sp³-hybridized carbons (Fsp3) is 0.182. The summed E-state index contributed by atoms with van der Waals surface area (Å²) in [5.41, 5.74) is 4.02. The number of sulfone groups is 1. The molecule has 3 nitrogen and oxygen atoms in total. The van der Waals surface area contributed by atoms with E-state index in [-0.39, 0.29) is 12.4 Å². The van der Waals surface area contributed by atoms with E-state index in [0.717, 1.165) is 42.6 Å². The van der Waals surface area contributed by atoms with Crippen LogP contribution in [0.1, 0.15) is 11.1 Å². The minimum Gasteiger partial charge on any atom is -0.316 e. The van der Waals surface area contributed by atoms with Gasteiger partial charge in [0.25, 0.3) is 0 Å². The van der Waals surface area contributed by atoms with Gasteiger partial charge in [-0.05, 0) is 60.8 Å². The zero-order chi connectivity index (χ0) is 18.0. The molecule has 3 aromatic carbocycles. The van der Waals surface area contributed by atoms with Gasteiger partial charge in [0.05, 0.1) is 9.79 Å². The van der Waals surface area contributed by atoms with Crippen molar-refractivity contribution in [2.24, 2.45) is 0 Å². The summed E-state index contributed by atoms with van der Waals surface area (Å²) in [6.07, 6.45) is 1.80. The van der Waals surface area contributed by atoms with Crippen molar-refractivity contribution in [1.29, 1.82) is 0 Å². The lowest BCUT2D eigenvalue weighted by Gasteiger charge is -2.13. The van der Waals surface area contributed by atoms with Crippen molar-refractivity contribution in [1.82, 2.24) is 5.32 Å². The zero-order valence-corrected chi connectivity index (χ0v) is 16.5. The third kappa shape index (κ3) is 3.93. The Balaban J connectivity index is 0.00000210. The zero-order valence-electron chi connectivity index (χ0n) is 14.9. The molecular weight excluding hydrogens is 378 g/mol. The molecule has 0 aliphatic carbocycles. The maximum absolute atomic E-state index is 13.4.